The normalized spacial score (nSPS) is 11.3. The number of aryl methyl sites for hydroxylation is 1. The highest BCUT2D eigenvalue weighted by molar-refractivity contribution is 7.90. The first-order valence-corrected chi connectivity index (χ1v) is 9.03. The van der Waals surface area contributed by atoms with E-state index >= 15 is 0 Å². The van der Waals surface area contributed by atoms with E-state index in [4.69, 9.17) is 16.3 Å². The third kappa shape index (κ3) is 3.83. The summed E-state index contributed by atoms with van der Waals surface area (Å²) in [7, 11) is -3.68. The second kappa shape index (κ2) is 6.60. The maximum atomic E-state index is 12.0. The summed E-state index contributed by atoms with van der Waals surface area (Å²) in [6.45, 7) is 1.78. The minimum Gasteiger partial charge on any atom is -0.478 e. The van der Waals surface area contributed by atoms with Crippen LogP contribution in [0.4, 0.5) is 0 Å². The number of rotatable bonds is 5. The highest BCUT2D eigenvalue weighted by atomic mass is 35.5. The minimum atomic E-state index is -3.68. The topological polar surface area (TPSA) is 80.7 Å². The molecule has 0 aliphatic carbocycles. The number of para-hydroxylation sites is 1. The van der Waals surface area contributed by atoms with Gasteiger partial charge in [-0.25, -0.2) is 13.2 Å². The number of ether oxygens (including phenoxy) is 1. The van der Waals surface area contributed by atoms with Crippen LogP contribution in [0.3, 0.4) is 0 Å². The Morgan fingerprint density at radius 2 is 1.87 bits per heavy atom. The van der Waals surface area contributed by atoms with Gasteiger partial charge in [0.1, 0.15) is 16.4 Å². The fourth-order valence-electron chi connectivity index (χ4n) is 2.11. The van der Waals surface area contributed by atoms with E-state index < -0.39 is 15.8 Å². The van der Waals surface area contributed by atoms with Gasteiger partial charge >= 0.3 is 5.97 Å². The Kier molecular flexibility index (Phi) is 4.97. The standard InChI is InChI=1S/C16H15ClO5S/c1-3-10-8-14(22-13-7-5-4-6-12(13)17)15(23(2,20)21)9-11(10)16(18)19/h4-9H,3H2,1-2H3,(H,18,19). The van der Waals surface area contributed by atoms with Crippen LogP contribution >= 0.6 is 11.6 Å². The smallest absolute Gasteiger partial charge is 0.336 e. The number of sulfone groups is 1. The SMILES string of the molecule is CCc1cc(Oc2ccccc2Cl)c(S(C)(=O)=O)cc1C(=O)O. The molecule has 0 heterocycles. The van der Waals surface area contributed by atoms with E-state index in [9.17, 15) is 18.3 Å². The predicted octanol–water partition coefficient (Wildman–Crippen LogP) is 3.80. The van der Waals surface area contributed by atoms with E-state index in [-0.39, 0.29) is 16.2 Å². The summed E-state index contributed by atoms with van der Waals surface area (Å²) in [5.74, 6) is -0.831. The third-order valence-electron chi connectivity index (χ3n) is 3.24. The molecule has 0 unspecified atom stereocenters. The summed E-state index contributed by atoms with van der Waals surface area (Å²) in [5, 5.41) is 9.58. The summed E-state index contributed by atoms with van der Waals surface area (Å²) < 4.78 is 29.6. The van der Waals surface area contributed by atoms with Gasteiger partial charge in [0, 0.05) is 6.26 Å². The number of aromatic carboxylic acids is 1. The van der Waals surface area contributed by atoms with Crippen LogP contribution < -0.4 is 4.74 Å². The average Bonchev–Trinajstić information content (AvgIpc) is 2.47. The van der Waals surface area contributed by atoms with Gasteiger partial charge in [0.2, 0.25) is 0 Å². The summed E-state index contributed by atoms with van der Waals surface area (Å²) in [6, 6.07) is 9.20. The zero-order chi connectivity index (χ0) is 17.2. The maximum absolute atomic E-state index is 12.0. The summed E-state index contributed by atoms with van der Waals surface area (Å²) >= 11 is 6.03. The van der Waals surface area contributed by atoms with Gasteiger partial charge < -0.3 is 9.84 Å². The Bertz CT molecular complexity index is 859. The predicted molar refractivity (Wildman–Crippen MR) is 87.4 cm³/mol. The molecule has 2 rings (SSSR count). The summed E-state index contributed by atoms with van der Waals surface area (Å²) in [5.41, 5.74) is 0.423. The van der Waals surface area contributed by atoms with Crippen LogP contribution in [0, 0.1) is 0 Å². The molecule has 0 aromatic heterocycles. The van der Waals surface area contributed by atoms with Gasteiger partial charge in [-0.05, 0) is 36.2 Å². The molecule has 0 amide bonds. The van der Waals surface area contributed by atoms with Crippen LogP contribution in [0.1, 0.15) is 22.8 Å². The molecular formula is C16H15ClO5S. The molecule has 23 heavy (non-hydrogen) atoms. The maximum Gasteiger partial charge on any atom is 0.336 e. The van der Waals surface area contributed by atoms with Crippen LogP contribution in [-0.2, 0) is 16.3 Å². The van der Waals surface area contributed by atoms with Crippen LogP contribution in [0.5, 0.6) is 11.5 Å². The highest BCUT2D eigenvalue weighted by Gasteiger charge is 2.21. The molecule has 0 saturated carbocycles. The van der Waals surface area contributed by atoms with Crippen molar-refractivity contribution < 1.29 is 23.1 Å². The number of benzene rings is 2. The highest BCUT2D eigenvalue weighted by Crippen LogP contribution is 2.35. The summed E-state index contributed by atoms with van der Waals surface area (Å²) in [4.78, 5) is 11.1. The van der Waals surface area contributed by atoms with Crippen molar-refractivity contribution in [2.24, 2.45) is 0 Å². The molecular weight excluding hydrogens is 340 g/mol. The third-order valence-corrected chi connectivity index (χ3v) is 4.67. The van der Waals surface area contributed by atoms with E-state index in [1.54, 1.807) is 31.2 Å². The Morgan fingerprint density at radius 1 is 1.22 bits per heavy atom. The minimum absolute atomic E-state index is 0.0561. The average molecular weight is 355 g/mol. The van der Waals surface area contributed by atoms with Gasteiger partial charge in [-0.3, -0.25) is 0 Å². The molecule has 122 valence electrons. The monoisotopic (exact) mass is 354 g/mol. The zero-order valence-corrected chi connectivity index (χ0v) is 14.1. The van der Waals surface area contributed by atoms with Gasteiger partial charge in [0.15, 0.2) is 9.84 Å². The van der Waals surface area contributed by atoms with Crippen molar-refractivity contribution in [2.45, 2.75) is 18.2 Å². The van der Waals surface area contributed by atoms with Crippen molar-refractivity contribution in [3.63, 3.8) is 0 Å². The molecule has 7 heteroatoms. The second-order valence-corrected chi connectivity index (χ2v) is 7.31. The molecule has 0 saturated heterocycles. The van der Waals surface area contributed by atoms with Crippen molar-refractivity contribution in [3.05, 3.63) is 52.5 Å². The molecule has 1 N–H and O–H groups in total. The molecule has 0 bridgehead atoms. The molecule has 0 aliphatic heterocycles. The molecule has 0 fully saturated rings. The lowest BCUT2D eigenvalue weighted by atomic mass is 10.0. The molecule has 0 radical (unpaired) electrons. The van der Waals surface area contributed by atoms with Gasteiger partial charge in [-0.2, -0.15) is 0 Å². The number of carbonyl (C=O) groups is 1. The van der Waals surface area contributed by atoms with Crippen molar-refractivity contribution >= 4 is 27.4 Å². The van der Waals surface area contributed by atoms with E-state index in [1.165, 1.54) is 6.07 Å². The van der Waals surface area contributed by atoms with Crippen LogP contribution in [0.25, 0.3) is 0 Å². The van der Waals surface area contributed by atoms with Crippen molar-refractivity contribution in [2.75, 3.05) is 6.26 Å². The van der Waals surface area contributed by atoms with E-state index in [2.05, 4.69) is 0 Å². The van der Waals surface area contributed by atoms with Gasteiger partial charge in [0.25, 0.3) is 0 Å². The van der Waals surface area contributed by atoms with Crippen molar-refractivity contribution in [1.29, 1.82) is 0 Å². The fraction of sp³-hybridized carbons (Fsp3) is 0.188. The van der Waals surface area contributed by atoms with Crippen LogP contribution in [0.15, 0.2) is 41.3 Å². The first-order chi connectivity index (χ1) is 10.7. The lowest BCUT2D eigenvalue weighted by Crippen LogP contribution is -2.08. The van der Waals surface area contributed by atoms with Crippen molar-refractivity contribution in [1.82, 2.24) is 0 Å². The van der Waals surface area contributed by atoms with E-state index in [1.807, 2.05) is 0 Å². The Labute approximate surface area is 139 Å². The van der Waals surface area contributed by atoms with Gasteiger partial charge in [-0.15, -0.1) is 0 Å². The largest absolute Gasteiger partial charge is 0.478 e. The second-order valence-electron chi connectivity index (χ2n) is 4.92. The number of carboxylic acids is 1. The molecule has 5 nitrogen and oxygen atoms in total. The van der Waals surface area contributed by atoms with E-state index in [0.29, 0.717) is 22.8 Å². The molecule has 0 aliphatic rings. The van der Waals surface area contributed by atoms with Crippen LogP contribution in [-0.4, -0.2) is 25.7 Å². The Morgan fingerprint density at radius 3 is 2.39 bits per heavy atom. The van der Waals surface area contributed by atoms with Crippen molar-refractivity contribution in [3.8, 4) is 11.5 Å². The first kappa shape index (κ1) is 17.3. The lowest BCUT2D eigenvalue weighted by Gasteiger charge is -2.14. The van der Waals surface area contributed by atoms with E-state index in [0.717, 1.165) is 12.3 Å². The number of halogens is 1. The number of carboxylic acid groups (broad SMARTS) is 1. The Hall–Kier alpha value is -2.05. The number of hydrogen-bond donors (Lipinski definition) is 1. The van der Waals surface area contributed by atoms with Crippen LogP contribution in [0.2, 0.25) is 5.02 Å². The zero-order valence-electron chi connectivity index (χ0n) is 12.5. The van der Waals surface area contributed by atoms with Gasteiger partial charge in [0.05, 0.1) is 10.6 Å². The molecule has 0 atom stereocenters. The lowest BCUT2D eigenvalue weighted by molar-refractivity contribution is 0.0695. The quantitative estimate of drug-likeness (QED) is 0.883. The summed E-state index contributed by atoms with van der Waals surface area (Å²) in [6.07, 6.45) is 1.42. The fourth-order valence-corrected chi connectivity index (χ4v) is 3.08. The number of hydrogen-bond acceptors (Lipinski definition) is 4. The molecule has 2 aromatic rings. The Balaban J connectivity index is 2.66. The molecule has 2 aromatic carbocycles. The van der Waals surface area contributed by atoms with Gasteiger partial charge in [-0.1, -0.05) is 30.7 Å². The first-order valence-electron chi connectivity index (χ1n) is 6.76. The molecule has 0 spiro atoms.